The number of para-hydroxylation sites is 1. The fourth-order valence-electron chi connectivity index (χ4n) is 4.03. The highest BCUT2D eigenvalue weighted by Crippen LogP contribution is 2.31. The maximum Gasteiger partial charge on any atom is 0.264 e. The number of nitrogens with one attached hydrogen (secondary N) is 1. The van der Waals surface area contributed by atoms with E-state index in [2.05, 4.69) is 5.32 Å². The summed E-state index contributed by atoms with van der Waals surface area (Å²) >= 11 is 6.44. The molecule has 0 aromatic heterocycles. The molecule has 0 aliphatic rings. The second-order valence-electron chi connectivity index (χ2n) is 10.6. The molecule has 0 aliphatic carbocycles. The van der Waals surface area contributed by atoms with Gasteiger partial charge in [0, 0.05) is 12.1 Å². The molecule has 0 unspecified atom stereocenters. The van der Waals surface area contributed by atoms with E-state index >= 15 is 0 Å². The zero-order chi connectivity index (χ0) is 29.7. The SMILES string of the molecule is COc1cccc(CN(C(=O)CN(c2ccccc2Cl)S(=O)(=O)c2ccc(C)cc2)[C@H](C)C(=O)NC(C)(C)C)c1. The number of methoxy groups -OCH3 is 1. The summed E-state index contributed by atoms with van der Waals surface area (Å²) in [5.74, 6) is -0.347. The lowest BCUT2D eigenvalue weighted by molar-refractivity contribution is -0.140. The standard InChI is InChI=1S/C30H36ClN3O5S/c1-21-14-16-25(17-15-21)40(37,38)34(27-13-8-7-12-26(27)31)20-28(35)33(22(2)29(36)32-30(3,4)5)19-23-10-9-11-24(18-23)39-6/h7-18,22H,19-20H2,1-6H3,(H,32,36)/t22-/m1/s1. The number of rotatable bonds is 10. The van der Waals surface area contributed by atoms with Gasteiger partial charge >= 0.3 is 0 Å². The number of amides is 2. The second kappa shape index (κ2) is 12.7. The lowest BCUT2D eigenvalue weighted by atomic mass is 10.1. The zero-order valence-corrected chi connectivity index (χ0v) is 25.2. The van der Waals surface area contributed by atoms with Gasteiger partial charge in [-0.3, -0.25) is 13.9 Å². The van der Waals surface area contributed by atoms with Crippen molar-refractivity contribution < 1.29 is 22.7 Å². The number of halogens is 1. The number of hydrogen-bond donors (Lipinski definition) is 1. The largest absolute Gasteiger partial charge is 0.497 e. The highest BCUT2D eigenvalue weighted by atomic mass is 35.5. The van der Waals surface area contributed by atoms with Gasteiger partial charge in [0.2, 0.25) is 11.8 Å². The first-order valence-electron chi connectivity index (χ1n) is 12.8. The number of ether oxygens (including phenoxy) is 1. The molecule has 0 radical (unpaired) electrons. The third kappa shape index (κ3) is 7.76. The molecular weight excluding hydrogens is 550 g/mol. The summed E-state index contributed by atoms with van der Waals surface area (Å²) in [7, 11) is -2.66. The minimum Gasteiger partial charge on any atom is -0.497 e. The number of carbonyl (C=O) groups is 2. The summed E-state index contributed by atoms with van der Waals surface area (Å²) in [5, 5.41) is 3.08. The average Bonchev–Trinajstić information content (AvgIpc) is 2.89. The topological polar surface area (TPSA) is 96.0 Å². The number of sulfonamides is 1. The highest BCUT2D eigenvalue weighted by molar-refractivity contribution is 7.92. The van der Waals surface area contributed by atoms with Crippen LogP contribution in [0.4, 0.5) is 5.69 Å². The first kappa shape index (κ1) is 31.0. The Balaban J connectivity index is 2.06. The summed E-state index contributed by atoms with van der Waals surface area (Å²) in [6.45, 7) is 8.49. The fourth-order valence-corrected chi connectivity index (χ4v) is 5.75. The normalized spacial score (nSPS) is 12.4. The van der Waals surface area contributed by atoms with Crippen molar-refractivity contribution in [2.45, 2.75) is 57.6 Å². The van der Waals surface area contributed by atoms with Crippen LogP contribution in [0.5, 0.6) is 5.75 Å². The Bertz CT molecular complexity index is 1450. The van der Waals surface area contributed by atoms with Crippen LogP contribution in [0.2, 0.25) is 5.02 Å². The molecule has 8 nitrogen and oxygen atoms in total. The molecule has 40 heavy (non-hydrogen) atoms. The van der Waals surface area contributed by atoms with Crippen LogP contribution >= 0.6 is 11.6 Å². The van der Waals surface area contributed by atoms with E-state index in [0.29, 0.717) is 11.3 Å². The van der Waals surface area contributed by atoms with Gasteiger partial charge in [0.15, 0.2) is 0 Å². The Morgan fingerprint density at radius 1 is 1.00 bits per heavy atom. The quantitative estimate of drug-likeness (QED) is 0.353. The molecule has 1 N–H and O–H groups in total. The Morgan fingerprint density at radius 2 is 1.65 bits per heavy atom. The Morgan fingerprint density at radius 3 is 2.25 bits per heavy atom. The number of hydrogen-bond acceptors (Lipinski definition) is 5. The van der Waals surface area contributed by atoms with Crippen molar-refractivity contribution >= 4 is 39.1 Å². The Labute approximate surface area is 241 Å². The van der Waals surface area contributed by atoms with Crippen LogP contribution in [0.3, 0.4) is 0 Å². The molecule has 3 rings (SSSR count). The summed E-state index contributed by atoms with van der Waals surface area (Å²) in [6.07, 6.45) is 0. The van der Waals surface area contributed by atoms with E-state index in [0.717, 1.165) is 9.87 Å². The van der Waals surface area contributed by atoms with Crippen LogP contribution in [0.25, 0.3) is 0 Å². The third-order valence-electron chi connectivity index (χ3n) is 6.16. The van der Waals surface area contributed by atoms with Gasteiger partial charge < -0.3 is 15.0 Å². The lowest BCUT2D eigenvalue weighted by Crippen LogP contribution is -2.54. The maximum absolute atomic E-state index is 14.0. The molecule has 0 saturated carbocycles. The molecule has 0 aliphatic heterocycles. The predicted molar refractivity (Wildman–Crippen MR) is 158 cm³/mol. The lowest BCUT2D eigenvalue weighted by Gasteiger charge is -2.33. The molecule has 0 spiro atoms. The summed E-state index contributed by atoms with van der Waals surface area (Å²) in [6, 6.07) is 19.0. The smallest absolute Gasteiger partial charge is 0.264 e. The number of anilines is 1. The van der Waals surface area contributed by atoms with Gasteiger partial charge in [0.05, 0.1) is 22.7 Å². The van der Waals surface area contributed by atoms with Crippen LogP contribution in [0.1, 0.15) is 38.8 Å². The number of nitrogens with zero attached hydrogens (tertiary/aromatic N) is 2. The minimum absolute atomic E-state index is 0.0173. The first-order valence-corrected chi connectivity index (χ1v) is 14.6. The van der Waals surface area contributed by atoms with Gasteiger partial charge in [-0.25, -0.2) is 8.42 Å². The second-order valence-corrected chi connectivity index (χ2v) is 12.8. The van der Waals surface area contributed by atoms with Gasteiger partial charge in [-0.2, -0.15) is 0 Å². The van der Waals surface area contributed by atoms with Gasteiger partial charge in [-0.15, -0.1) is 0 Å². The van der Waals surface area contributed by atoms with Crippen LogP contribution in [-0.2, 0) is 26.2 Å². The molecule has 3 aromatic rings. The third-order valence-corrected chi connectivity index (χ3v) is 8.26. The molecule has 0 bridgehead atoms. The van der Waals surface area contributed by atoms with Crippen molar-refractivity contribution in [2.75, 3.05) is 18.0 Å². The van der Waals surface area contributed by atoms with Crippen molar-refractivity contribution in [1.29, 1.82) is 0 Å². The molecule has 3 aromatic carbocycles. The van der Waals surface area contributed by atoms with Crippen molar-refractivity contribution in [3.8, 4) is 5.75 Å². The van der Waals surface area contributed by atoms with Gasteiger partial charge in [-0.05, 0) is 76.6 Å². The van der Waals surface area contributed by atoms with Crippen molar-refractivity contribution in [2.24, 2.45) is 0 Å². The molecule has 10 heteroatoms. The van der Waals surface area contributed by atoms with E-state index in [4.69, 9.17) is 16.3 Å². The number of aryl methyl sites for hydroxylation is 1. The summed E-state index contributed by atoms with van der Waals surface area (Å²) in [4.78, 5) is 28.6. The number of carbonyl (C=O) groups excluding carboxylic acids is 2. The van der Waals surface area contributed by atoms with Crippen molar-refractivity contribution in [3.63, 3.8) is 0 Å². The van der Waals surface area contributed by atoms with E-state index in [1.165, 1.54) is 17.0 Å². The maximum atomic E-state index is 14.0. The average molecular weight is 586 g/mol. The molecule has 0 saturated heterocycles. The van der Waals surface area contributed by atoms with Crippen molar-refractivity contribution in [1.82, 2.24) is 10.2 Å². The zero-order valence-electron chi connectivity index (χ0n) is 23.6. The molecule has 0 fully saturated rings. The van der Waals surface area contributed by atoms with Crippen LogP contribution in [0, 0.1) is 6.92 Å². The highest BCUT2D eigenvalue weighted by Gasteiger charge is 2.34. The van der Waals surface area contributed by atoms with Crippen LogP contribution in [0.15, 0.2) is 77.7 Å². The fraction of sp³-hybridized carbons (Fsp3) is 0.333. The van der Waals surface area contributed by atoms with E-state index in [9.17, 15) is 18.0 Å². The van der Waals surface area contributed by atoms with E-state index in [-0.39, 0.29) is 28.1 Å². The van der Waals surface area contributed by atoms with Gasteiger partial charge in [-0.1, -0.05) is 53.6 Å². The molecular formula is C30H36ClN3O5S. The molecule has 2 amide bonds. The minimum atomic E-state index is -4.20. The summed E-state index contributed by atoms with van der Waals surface area (Å²) in [5.41, 5.74) is 1.23. The molecule has 1 atom stereocenters. The van der Waals surface area contributed by atoms with Gasteiger partial charge in [0.25, 0.3) is 10.0 Å². The van der Waals surface area contributed by atoms with Crippen LogP contribution < -0.4 is 14.4 Å². The molecule has 0 heterocycles. The summed E-state index contributed by atoms with van der Waals surface area (Å²) < 4.78 is 34.1. The Hall–Kier alpha value is -3.56. The van der Waals surface area contributed by atoms with Gasteiger partial charge in [0.1, 0.15) is 18.3 Å². The first-order chi connectivity index (χ1) is 18.7. The Kier molecular flexibility index (Phi) is 9.87. The van der Waals surface area contributed by atoms with Crippen LogP contribution in [-0.4, -0.2) is 50.4 Å². The van der Waals surface area contributed by atoms with Crippen molar-refractivity contribution in [3.05, 3.63) is 88.9 Å². The van der Waals surface area contributed by atoms with E-state index < -0.39 is 34.1 Å². The monoisotopic (exact) mass is 585 g/mol. The number of benzene rings is 3. The van der Waals surface area contributed by atoms with E-state index in [1.807, 2.05) is 33.8 Å². The predicted octanol–water partition coefficient (Wildman–Crippen LogP) is 5.18. The van der Waals surface area contributed by atoms with E-state index in [1.54, 1.807) is 68.6 Å². The molecule has 214 valence electrons.